The Balaban J connectivity index is 2.16. The molecule has 3 nitrogen and oxygen atoms in total. The maximum absolute atomic E-state index is 4.41. The fourth-order valence-electron chi connectivity index (χ4n) is 2.62. The fourth-order valence-corrected chi connectivity index (χ4v) is 2.62. The molecular formula is C12H21N3. The van der Waals surface area contributed by atoms with Gasteiger partial charge in [-0.3, -0.25) is 4.68 Å². The molecule has 2 rings (SSSR count). The topological polar surface area (TPSA) is 29.9 Å². The van der Waals surface area contributed by atoms with Crippen molar-refractivity contribution in [3.05, 3.63) is 17.5 Å². The number of hydrogen-bond donors (Lipinski definition) is 1. The summed E-state index contributed by atoms with van der Waals surface area (Å²) in [5, 5.41) is 8.07. The van der Waals surface area contributed by atoms with E-state index in [2.05, 4.69) is 30.3 Å². The third kappa shape index (κ3) is 2.07. The maximum Gasteiger partial charge on any atom is 0.0596 e. The van der Waals surface area contributed by atoms with Crippen molar-refractivity contribution in [1.82, 2.24) is 15.1 Å². The summed E-state index contributed by atoms with van der Waals surface area (Å²) in [6, 6.07) is 2.21. The second-order valence-corrected chi connectivity index (χ2v) is 4.74. The summed E-state index contributed by atoms with van der Waals surface area (Å²) >= 11 is 0. The largest absolute Gasteiger partial charge is 0.311 e. The van der Waals surface area contributed by atoms with E-state index in [9.17, 15) is 0 Å². The molecule has 1 aliphatic rings. The van der Waals surface area contributed by atoms with Gasteiger partial charge in [0.15, 0.2) is 0 Å². The van der Waals surface area contributed by atoms with Gasteiger partial charge in [0.05, 0.1) is 5.69 Å². The Morgan fingerprint density at radius 1 is 1.60 bits per heavy atom. The summed E-state index contributed by atoms with van der Waals surface area (Å²) in [5.74, 6) is 0. The van der Waals surface area contributed by atoms with Gasteiger partial charge in [0.1, 0.15) is 0 Å². The van der Waals surface area contributed by atoms with Crippen molar-refractivity contribution in [2.24, 2.45) is 7.05 Å². The molecule has 1 unspecified atom stereocenters. The molecule has 1 aromatic rings. The summed E-state index contributed by atoms with van der Waals surface area (Å²) in [7, 11) is 2.04. The zero-order chi connectivity index (χ0) is 10.9. The molecule has 0 spiro atoms. The molecule has 0 aliphatic carbocycles. The van der Waals surface area contributed by atoms with Crippen LogP contribution in [0.3, 0.4) is 0 Å². The second-order valence-electron chi connectivity index (χ2n) is 4.74. The lowest BCUT2D eigenvalue weighted by Crippen LogP contribution is -2.41. The van der Waals surface area contributed by atoms with Crippen LogP contribution in [0.25, 0.3) is 0 Å². The Morgan fingerprint density at radius 2 is 2.40 bits per heavy atom. The third-order valence-electron chi connectivity index (χ3n) is 3.63. The van der Waals surface area contributed by atoms with Crippen LogP contribution in [-0.2, 0) is 13.5 Å². The van der Waals surface area contributed by atoms with Crippen molar-refractivity contribution in [1.29, 1.82) is 0 Å². The van der Waals surface area contributed by atoms with Crippen molar-refractivity contribution < 1.29 is 0 Å². The molecule has 0 aromatic carbocycles. The monoisotopic (exact) mass is 207 g/mol. The number of nitrogens with one attached hydrogen (secondary N) is 1. The summed E-state index contributed by atoms with van der Waals surface area (Å²) in [5.41, 5.74) is 2.81. The third-order valence-corrected chi connectivity index (χ3v) is 3.63. The number of aryl methyl sites for hydroxylation is 2. The zero-order valence-electron chi connectivity index (χ0n) is 10.0. The highest BCUT2D eigenvalue weighted by Gasteiger charge is 2.32. The molecule has 1 aromatic heterocycles. The molecular weight excluding hydrogens is 186 g/mol. The molecule has 15 heavy (non-hydrogen) atoms. The molecule has 1 atom stereocenters. The van der Waals surface area contributed by atoms with E-state index >= 15 is 0 Å². The van der Waals surface area contributed by atoms with Crippen molar-refractivity contribution in [2.75, 3.05) is 6.54 Å². The first kappa shape index (κ1) is 10.7. The van der Waals surface area contributed by atoms with Gasteiger partial charge < -0.3 is 5.32 Å². The molecule has 0 amide bonds. The van der Waals surface area contributed by atoms with E-state index in [0.717, 1.165) is 12.1 Å². The van der Waals surface area contributed by atoms with Gasteiger partial charge in [0.25, 0.3) is 0 Å². The molecule has 2 heterocycles. The minimum atomic E-state index is 0.334. The molecule has 0 saturated carbocycles. The Labute approximate surface area is 91.9 Å². The van der Waals surface area contributed by atoms with Crippen molar-refractivity contribution in [2.45, 2.75) is 45.1 Å². The predicted molar refractivity (Wildman–Crippen MR) is 61.9 cm³/mol. The van der Waals surface area contributed by atoms with Gasteiger partial charge >= 0.3 is 0 Å². The van der Waals surface area contributed by atoms with E-state index in [1.807, 2.05) is 11.7 Å². The first-order valence-electron chi connectivity index (χ1n) is 5.90. The van der Waals surface area contributed by atoms with Gasteiger partial charge in [-0.2, -0.15) is 5.10 Å². The van der Waals surface area contributed by atoms with Gasteiger partial charge in [-0.05, 0) is 38.8 Å². The quantitative estimate of drug-likeness (QED) is 0.819. The first-order valence-corrected chi connectivity index (χ1v) is 5.90. The predicted octanol–water partition coefficient (Wildman–Crippen LogP) is 1.80. The molecule has 1 N–H and O–H groups in total. The van der Waals surface area contributed by atoms with Crippen LogP contribution in [-0.4, -0.2) is 21.9 Å². The standard InChI is InChI=1S/C12H21N3/c1-4-12(6-5-7-13-12)9-11-8-10(2)14-15(11)3/h8,13H,4-7,9H2,1-3H3. The highest BCUT2D eigenvalue weighted by molar-refractivity contribution is 5.13. The molecule has 0 bridgehead atoms. The number of hydrogen-bond acceptors (Lipinski definition) is 2. The first-order chi connectivity index (χ1) is 7.15. The van der Waals surface area contributed by atoms with Crippen LogP contribution in [0.5, 0.6) is 0 Å². The Kier molecular flexibility index (Phi) is 2.83. The minimum absolute atomic E-state index is 0.334. The van der Waals surface area contributed by atoms with Gasteiger partial charge in [0.2, 0.25) is 0 Å². The van der Waals surface area contributed by atoms with Gasteiger partial charge in [-0.15, -0.1) is 0 Å². The van der Waals surface area contributed by atoms with E-state index < -0.39 is 0 Å². The number of aromatic nitrogens is 2. The van der Waals surface area contributed by atoms with E-state index in [1.165, 1.54) is 31.5 Å². The van der Waals surface area contributed by atoms with E-state index in [-0.39, 0.29) is 0 Å². The zero-order valence-corrected chi connectivity index (χ0v) is 10.0. The van der Waals surface area contributed by atoms with Crippen LogP contribution in [0.15, 0.2) is 6.07 Å². The minimum Gasteiger partial charge on any atom is -0.311 e. The highest BCUT2D eigenvalue weighted by atomic mass is 15.3. The van der Waals surface area contributed by atoms with Crippen LogP contribution in [0, 0.1) is 6.92 Å². The summed E-state index contributed by atoms with van der Waals surface area (Å²) in [6.07, 6.45) is 4.93. The van der Waals surface area contributed by atoms with Gasteiger partial charge in [-0.25, -0.2) is 0 Å². The highest BCUT2D eigenvalue weighted by Crippen LogP contribution is 2.27. The SMILES string of the molecule is CCC1(Cc2cc(C)nn2C)CCCN1. The second kappa shape index (κ2) is 3.97. The van der Waals surface area contributed by atoms with Crippen molar-refractivity contribution in [3.8, 4) is 0 Å². The molecule has 1 aliphatic heterocycles. The van der Waals surface area contributed by atoms with Crippen LogP contribution >= 0.6 is 0 Å². The van der Waals surface area contributed by atoms with E-state index in [0.29, 0.717) is 5.54 Å². The van der Waals surface area contributed by atoms with Crippen LogP contribution in [0.4, 0.5) is 0 Å². The lowest BCUT2D eigenvalue weighted by Gasteiger charge is -2.28. The Bertz CT molecular complexity index is 335. The average Bonchev–Trinajstić information content (AvgIpc) is 2.76. The maximum atomic E-state index is 4.41. The average molecular weight is 207 g/mol. The van der Waals surface area contributed by atoms with Crippen molar-refractivity contribution >= 4 is 0 Å². The van der Waals surface area contributed by atoms with E-state index in [1.54, 1.807) is 0 Å². The normalized spacial score (nSPS) is 26.1. The molecule has 1 saturated heterocycles. The van der Waals surface area contributed by atoms with Crippen LogP contribution in [0.1, 0.15) is 37.6 Å². The lowest BCUT2D eigenvalue weighted by molar-refractivity contribution is 0.351. The van der Waals surface area contributed by atoms with E-state index in [4.69, 9.17) is 0 Å². The van der Waals surface area contributed by atoms with Crippen LogP contribution < -0.4 is 5.32 Å². The number of nitrogens with zero attached hydrogens (tertiary/aromatic N) is 2. The smallest absolute Gasteiger partial charge is 0.0596 e. The molecule has 84 valence electrons. The van der Waals surface area contributed by atoms with Crippen LogP contribution in [0.2, 0.25) is 0 Å². The summed E-state index contributed by atoms with van der Waals surface area (Å²) in [6.45, 7) is 5.51. The van der Waals surface area contributed by atoms with Gasteiger partial charge in [0, 0.05) is 24.7 Å². The Hall–Kier alpha value is -0.830. The molecule has 1 fully saturated rings. The summed E-state index contributed by atoms with van der Waals surface area (Å²) in [4.78, 5) is 0. The lowest BCUT2D eigenvalue weighted by atomic mass is 9.89. The number of rotatable bonds is 3. The fraction of sp³-hybridized carbons (Fsp3) is 0.750. The Morgan fingerprint density at radius 3 is 2.87 bits per heavy atom. The summed E-state index contributed by atoms with van der Waals surface area (Å²) < 4.78 is 2.02. The van der Waals surface area contributed by atoms with Crippen molar-refractivity contribution in [3.63, 3.8) is 0 Å². The molecule has 0 radical (unpaired) electrons. The molecule has 3 heteroatoms. The van der Waals surface area contributed by atoms with Gasteiger partial charge in [-0.1, -0.05) is 6.92 Å².